The number of halogens is 1. The molecule has 0 heterocycles. The number of hydrogen-bond acceptors (Lipinski definition) is 2. The van der Waals surface area contributed by atoms with Gasteiger partial charge in [-0.2, -0.15) is 0 Å². The van der Waals surface area contributed by atoms with E-state index in [1.165, 1.54) is 0 Å². The van der Waals surface area contributed by atoms with E-state index in [1.54, 1.807) is 12.1 Å². The van der Waals surface area contributed by atoms with Crippen molar-refractivity contribution in [3.63, 3.8) is 0 Å². The molecule has 0 saturated carbocycles. The van der Waals surface area contributed by atoms with Crippen molar-refractivity contribution >= 4 is 25.8 Å². The highest BCUT2D eigenvalue weighted by molar-refractivity contribution is 9.09. The molecule has 2 nitrogen and oxygen atoms in total. The lowest BCUT2D eigenvalue weighted by atomic mass is 10.1. The van der Waals surface area contributed by atoms with Gasteiger partial charge in [-0.25, -0.2) is 8.42 Å². The molecule has 0 aromatic heterocycles. The van der Waals surface area contributed by atoms with Gasteiger partial charge in [0.1, 0.15) is 0 Å². The number of alkyl halides is 1. The van der Waals surface area contributed by atoms with E-state index in [0.717, 1.165) is 23.7 Å². The van der Waals surface area contributed by atoms with E-state index >= 15 is 0 Å². The summed E-state index contributed by atoms with van der Waals surface area (Å²) in [4.78, 5) is 0.477. The molecule has 0 spiro atoms. The monoisotopic (exact) mass is 318 g/mol. The second-order valence-corrected chi connectivity index (χ2v) is 7.28. The summed E-state index contributed by atoms with van der Waals surface area (Å²) in [5, 5.41) is 0.932. The molecule has 0 radical (unpaired) electrons. The summed E-state index contributed by atoms with van der Waals surface area (Å²) in [5.74, 6) is 0.447. The van der Waals surface area contributed by atoms with E-state index in [2.05, 4.69) is 15.9 Å². The standard InChI is InChI=1S/C13H19BrO2S/c1-11(6-5-9-14)10-17(15,16)13-8-4-3-7-12(13)2/h3-4,7-8,11H,5-6,9-10H2,1-2H3. The van der Waals surface area contributed by atoms with Gasteiger partial charge in [0.2, 0.25) is 0 Å². The van der Waals surface area contributed by atoms with Crippen LogP contribution in [0.3, 0.4) is 0 Å². The van der Waals surface area contributed by atoms with Gasteiger partial charge in [0, 0.05) is 5.33 Å². The van der Waals surface area contributed by atoms with Crippen molar-refractivity contribution in [2.75, 3.05) is 11.1 Å². The third kappa shape index (κ3) is 4.43. The Balaban J connectivity index is 2.79. The van der Waals surface area contributed by atoms with Crippen molar-refractivity contribution in [1.29, 1.82) is 0 Å². The first-order chi connectivity index (χ1) is 7.97. The minimum Gasteiger partial charge on any atom is -0.224 e. The van der Waals surface area contributed by atoms with Crippen LogP contribution < -0.4 is 0 Å². The molecule has 1 aromatic carbocycles. The lowest BCUT2D eigenvalue weighted by Crippen LogP contribution is -2.15. The second-order valence-electron chi connectivity index (χ2n) is 4.48. The van der Waals surface area contributed by atoms with Crippen molar-refractivity contribution < 1.29 is 8.42 Å². The predicted molar refractivity (Wildman–Crippen MR) is 75.4 cm³/mol. The van der Waals surface area contributed by atoms with E-state index < -0.39 is 9.84 Å². The SMILES string of the molecule is Cc1ccccc1S(=O)(=O)CC(C)CCCBr. The van der Waals surface area contributed by atoms with Crippen molar-refractivity contribution in [3.05, 3.63) is 29.8 Å². The maximum atomic E-state index is 12.2. The Morgan fingerprint density at radius 1 is 1.29 bits per heavy atom. The maximum Gasteiger partial charge on any atom is 0.178 e. The molecule has 0 amide bonds. The Morgan fingerprint density at radius 2 is 1.94 bits per heavy atom. The number of sulfone groups is 1. The molecule has 0 fully saturated rings. The second kappa shape index (κ2) is 6.55. The third-order valence-electron chi connectivity index (χ3n) is 2.76. The zero-order valence-corrected chi connectivity index (χ0v) is 12.7. The minimum absolute atomic E-state index is 0.206. The summed E-state index contributed by atoms with van der Waals surface area (Å²) in [6.45, 7) is 3.84. The molecule has 0 aliphatic rings. The number of benzene rings is 1. The van der Waals surface area contributed by atoms with Gasteiger partial charge in [-0.15, -0.1) is 0 Å². The van der Waals surface area contributed by atoms with Crippen molar-refractivity contribution in [3.8, 4) is 0 Å². The van der Waals surface area contributed by atoms with E-state index in [4.69, 9.17) is 0 Å². The molecule has 0 bridgehead atoms. The van der Waals surface area contributed by atoms with Crippen LogP contribution in [0.25, 0.3) is 0 Å². The van der Waals surface area contributed by atoms with Gasteiger partial charge in [0.25, 0.3) is 0 Å². The van der Waals surface area contributed by atoms with Gasteiger partial charge < -0.3 is 0 Å². The van der Waals surface area contributed by atoms with Gasteiger partial charge in [0.15, 0.2) is 9.84 Å². The lowest BCUT2D eigenvalue weighted by Gasteiger charge is -2.12. The van der Waals surface area contributed by atoms with Crippen LogP contribution in [0, 0.1) is 12.8 Å². The van der Waals surface area contributed by atoms with E-state index in [9.17, 15) is 8.42 Å². The summed E-state index contributed by atoms with van der Waals surface area (Å²) >= 11 is 3.36. The van der Waals surface area contributed by atoms with Crippen LogP contribution in [0.4, 0.5) is 0 Å². The van der Waals surface area contributed by atoms with Crippen LogP contribution in [0.5, 0.6) is 0 Å². The Hall–Kier alpha value is -0.350. The molecule has 1 unspecified atom stereocenters. The van der Waals surface area contributed by atoms with Gasteiger partial charge in [-0.1, -0.05) is 41.1 Å². The summed E-state index contributed by atoms with van der Waals surface area (Å²) < 4.78 is 24.4. The zero-order valence-electron chi connectivity index (χ0n) is 10.3. The van der Waals surface area contributed by atoms with Crippen LogP contribution in [0.2, 0.25) is 0 Å². The first-order valence-corrected chi connectivity index (χ1v) is 8.59. The number of aryl methyl sites for hydroxylation is 1. The minimum atomic E-state index is -3.14. The predicted octanol–water partition coefficient (Wildman–Crippen LogP) is 3.58. The average Bonchev–Trinajstić information content (AvgIpc) is 2.26. The van der Waals surface area contributed by atoms with Crippen LogP contribution >= 0.6 is 15.9 Å². The largest absolute Gasteiger partial charge is 0.224 e. The van der Waals surface area contributed by atoms with Gasteiger partial charge >= 0.3 is 0 Å². The molecule has 4 heteroatoms. The molecule has 0 aliphatic heterocycles. The van der Waals surface area contributed by atoms with Gasteiger partial charge in [0.05, 0.1) is 10.6 Å². The number of hydrogen-bond donors (Lipinski definition) is 0. The van der Waals surface area contributed by atoms with Gasteiger partial charge in [-0.05, 0) is 37.3 Å². The summed E-state index contributed by atoms with van der Waals surface area (Å²) in [6, 6.07) is 7.18. The van der Waals surface area contributed by atoms with Crippen molar-refractivity contribution in [2.45, 2.75) is 31.6 Å². The van der Waals surface area contributed by atoms with E-state index in [-0.39, 0.29) is 11.7 Å². The molecule has 0 saturated heterocycles. The first kappa shape index (κ1) is 14.7. The fourth-order valence-electron chi connectivity index (χ4n) is 1.88. The van der Waals surface area contributed by atoms with E-state index in [1.807, 2.05) is 26.0 Å². The smallest absolute Gasteiger partial charge is 0.178 e. The molecule has 0 aliphatic carbocycles. The highest BCUT2D eigenvalue weighted by Crippen LogP contribution is 2.20. The molecular formula is C13H19BrO2S. The number of rotatable bonds is 6. The van der Waals surface area contributed by atoms with Crippen LogP contribution in [0.15, 0.2) is 29.2 Å². The molecular weight excluding hydrogens is 300 g/mol. The third-order valence-corrected chi connectivity index (χ3v) is 5.46. The molecule has 1 rings (SSSR count). The summed E-state index contributed by atoms with van der Waals surface area (Å²) in [7, 11) is -3.14. The van der Waals surface area contributed by atoms with Crippen molar-refractivity contribution in [1.82, 2.24) is 0 Å². The Bertz CT molecular complexity index is 454. The van der Waals surface area contributed by atoms with Gasteiger partial charge in [-0.3, -0.25) is 0 Å². The highest BCUT2D eigenvalue weighted by Gasteiger charge is 2.19. The topological polar surface area (TPSA) is 34.1 Å². The van der Waals surface area contributed by atoms with Crippen molar-refractivity contribution in [2.24, 2.45) is 5.92 Å². The summed E-state index contributed by atoms with van der Waals surface area (Å²) in [5.41, 5.74) is 0.834. The first-order valence-electron chi connectivity index (χ1n) is 5.81. The Kier molecular flexibility index (Phi) is 5.67. The fraction of sp³-hybridized carbons (Fsp3) is 0.538. The lowest BCUT2D eigenvalue weighted by molar-refractivity contribution is 0.547. The molecule has 1 atom stereocenters. The molecule has 1 aromatic rings. The Morgan fingerprint density at radius 3 is 2.53 bits per heavy atom. The normalized spacial score (nSPS) is 13.6. The highest BCUT2D eigenvalue weighted by atomic mass is 79.9. The zero-order chi connectivity index (χ0) is 12.9. The quantitative estimate of drug-likeness (QED) is 0.751. The van der Waals surface area contributed by atoms with Crippen LogP contribution in [-0.4, -0.2) is 19.5 Å². The van der Waals surface area contributed by atoms with Crippen LogP contribution in [0.1, 0.15) is 25.3 Å². The molecule has 17 heavy (non-hydrogen) atoms. The Labute approximate surface area is 112 Å². The molecule has 96 valence electrons. The average molecular weight is 319 g/mol. The maximum absolute atomic E-state index is 12.2. The fourth-order valence-corrected chi connectivity index (χ4v) is 4.14. The summed E-state index contributed by atoms with van der Waals surface area (Å²) in [6.07, 6.45) is 1.96. The van der Waals surface area contributed by atoms with E-state index in [0.29, 0.717) is 4.90 Å². The molecule has 0 N–H and O–H groups in total. The van der Waals surface area contributed by atoms with Crippen LogP contribution in [-0.2, 0) is 9.84 Å².